The SMILES string of the molecule is O=C(CSc1nnc(-c2cccnc2)n1-c1ccc(Cl)c(Cl)c1)Nc1cccc(Cl)c1. The van der Waals surface area contributed by atoms with Crippen molar-refractivity contribution in [3.63, 3.8) is 0 Å². The summed E-state index contributed by atoms with van der Waals surface area (Å²) in [5, 5.41) is 13.3. The largest absolute Gasteiger partial charge is 0.325 e. The Hall–Kier alpha value is -2.58. The van der Waals surface area contributed by atoms with Crippen molar-refractivity contribution in [2.75, 3.05) is 11.1 Å². The Kier molecular flexibility index (Phi) is 6.77. The molecule has 4 aromatic rings. The number of benzene rings is 2. The Labute approximate surface area is 197 Å². The predicted molar refractivity (Wildman–Crippen MR) is 125 cm³/mol. The van der Waals surface area contributed by atoms with Gasteiger partial charge in [-0.2, -0.15) is 0 Å². The van der Waals surface area contributed by atoms with Crippen LogP contribution in [0.15, 0.2) is 72.1 Å². The summed E-state index contributed by atoms with van der Waals surface area (Å²) in [7, 11) is 0. The summed E-state index contributed by atoms with van der Waals surface area (Å²) in [5.41, 5.74) is 2.12. The highest BCUT2D eigenvalue weighted by molar-refractivity contribution is 7.99. The third-order valence-electron chi connectivity index (χ3n) is 4.16. The zero-order valence-corrected chi connectivity index (χ0v) is 18.9. The summed E-state index contributed by atoms with van der Waals surface area (Å²) in [6.07, 6.45) is 3.37. The summed E-state index contributed by atoms with van der Waals surface area (Å²) in [4.78, 5) is 16.6. The molecule has 6 nitrogen and oxygen atoms in total. The van der Waals surface area contributed by atoms with E-state index in [1.165, 1.54) is 11.8 Å². The molecule has 2 aromatic carbocycles. The molecule has 0 radical (unpaired) electrons. The molecule has 4 rings (SSSR count). The van der Waals surface area contributed by atoms with Crippen molar-refractivity contribution >= 4 is 58.2 Å². The van der Waals surface area contributed by atoms with E-state index in [1.54, 1.807) is 48.8 Å². The van der Waals surface area contributed by atoms with Crippen molar-refractivity contribution < 1.29 is 4.79 Å². The van der Waals surface area contributed by atoms with Gasteiger partial charge in [-0.25, -0.2) is 0 Å². The number of carbonyl (C=O) groups is 1. The van der Waals surface area contributed by atoms with Gasteiger partial charge in [0.15, 0.2) is 11.0 Å². The first-order chi connectivity index (χ1) is 15.0. The first-order valence-corrected chi connectivity index (χ1v) is 11.1. The molecule has 0 saturated heterocycles. The van der Waals surface area contributed by atoms with Gasteiger partial charge in [0.2, 0.25) is 5.91 Å². The molecule has 2 heterocycles. The number of halogens is 3. The Balaban J connectivity index is 1.62. The fourth-order valence-corrected chi connectivity index (χ4v) is 4.03. The maximum atomic E-state index is 12.4. The lowest BCUT2D eigenvalue weighted by Gasteiger charge is -2.11. The van der Waals surface area contributed by atoms with Gasteiger partial charge in [0.05, 0.1) is 21.5 Å². The highest BCUT2D eigenvalue weighted by Crippen LogP contribution is 2.31. The molecule has 0 unspecified atom stereocenters. The van der Waals surface area contributed by atoms with Crippen LogP contribution in [-0.4, -0.2) is 31.4 Å². The molecule has 0 aliphatic rings. The zero-order chi connectivity index (χ0) is 21.8. The van der Waals surface area contributed by atoms with Crippen molar-refractivity contribution in [2.45, 2.75) is 5.16 Å². The Morgan fingerprint density at radius 1 is 1.00 bits per heavy atom. The highest BCUT2D eigenvalue weighted by Gasteiger charge is 2.18. The van der Waals surface area contributed by atoms with Crippen molar-refractivity contribution in [1.29, 1.82) is 0 Å². The smallest absolute Gasteiger partial charge is 0.234 e. The van der Waals surface area contributed by atoms with Crippen LogP contribution in [0, 0.1) is 0 Å². The second kappa shape index (κ2) is 9.70. The highest BCUT2D eigenvalue weighted by atomic mass is 35.5. The van der Waals surface area contributed by atoms with Crippen LogP contribution < -0.4 is 5.32 Å². The molecule has 156 valence electrons. The van der Waals surface area contributed by atoms with Crippen LogP contribution in [-0.2, 0) is 4.79 Å². The van der Waals surface area contributed by atoms with E-state index < -0.39 is 0 Å². The lowest BCUT2D eigenvalue weighted by molar-refractivity contribution is -0.113. The Morgan fingerprint density at radius 2 is 1.87 bits per heavy atom. The second-order valence-electron chi connectivity index (χ2n) is 6.33. The molecule has 0 atom stereocenters. The standard InChI is InChI=1S/C21H14Cl3N5OS/c22-14-4-1-5-15(9-14)26-19(30)12-31-21-28-27-20(13-3-2-8-25-11-13)29(21)16-6-7-17(23)18(24)10-16/h1-11H,12H2,(H,26,30). The number of hydrogen-bond acceptors (Lipinski definition) is 5. The molecule has 1 N–H and O–H groups in total. The van der Waals surface area contributed by atoms with Crippen LogP contribution in [0.4, 0.5) is 5.69 Å². The van der Waals surface area contributed by atoms with E-state index in [1.807, 2.05) is 22.8 Å². The predicted octanol–water partition coefficient (Wildman–Crippen LogP) is 6.02. The fraction of sp³-hybridized carbons (Fsp3) is 0.0476. The van der Waals surface area contributed by atoms with Gasteiger partial charge in [0.1, 0.15) is 0 Å². The van der Waals surface area contributed by atoms with Gasteiger partial charge in [0.25, 0.3) is 0 Å². The van der Waals surface area contributed by atoms with E-state index in [0.29, 0.717) is 31.7 Å². The van der Waals surface area contributed by atoms with Crippen LogP contribution >= 0.6 is 46.6 Å². The van der Waals surface area contributed by atoms with E-state index in [9.17, 15) is 4.79 Å². The third-order valence-corrected chi connectivity index (χ3v) is 6.06. The number of carbonyl (C=O) groups excluding carboxylic acids is 1. The van der Waals surface area contributed by atoms with E-state index in [-0.39, 0.29) is 11.7 Å². The van der Waals surface area contributed by atoms with Crippen LogP contribution in [0.5, 0.6) is 0 Å². The first kappa shape index (κ1) is 21.6. The van der Waals surface area contributed by atoms with E-state index in [0.717, 1.165) is 11.3 Å². The minimum atomic E-state index is -0.195. The molecule has 0 aliphatic heterocycles. The van der Waals surface area contributed by atoms with E-state index in [4.69, 9.17) is 34.8 Å². The van der Waals surface area contributed by atoms with Gasteiger partial charge in [-0.1, -0.05) is 52.6 Å². The van der Waals surface area contributed by atoms with Gasteiger partial charge in [-0.05, 0) is 48.5 Å². The summed E-state index contributed by atoms with van der Waals surface area (Å²) in [6.45, 7) is 0. The number of amides is 1. The van der Waals surface area contributed by atoms with Gasteiger partial charge < -0.3 is 5.32 Å². The molecular weight excluding hydrogens is 477 g/mol. The molecule has 0 saturated carbocycles. The second-order valence-corrected chi connectivity index (χ2v) is 8.52. The summed E-state index contributed by atoms with van der Waals surface area (Å²) >= 11 is 19.5. The fourth-order valence-electron chi connectivity index (χ4n) is 2.80. The van der Waals surface area contributed by atoms with Crippen LogP contribution in [0.25, 0.3) is 17.1 Å². The summed E-state index contributed by atoms with van der Waals surface area (Å²) in [5.74, 6) is 0.502. The summed E-state index contributed by atoms with van der Waals surface area (Å²) < 4.78 is 1.82. The zero-order valence-electron chi connectivity index (χ0n) is 15.8. The van der Waals surface area contributed by atoms with Crippen molar-refractivity contribution in [3.8, 4) is 17.1 Å². The number of aromatic nitrogens is 4. The number of nitrogens with one attached hydrogen (secondary N) is 1. The normalized spacial score (nSPS) is 10.8. The minimum absolute atomic E-state index is 0.124. The quantitative estimate of drug-likeness (QED) is 0.335. The number of rotatable bonds is 6. The van der Waals surface area contributed by atoms with Crippen LogP contribution in [0.3, 0.4) is 0 Å². The maximum absolute atomic E-state index is 12.4. The number of nitrogens with zero attached hydrogens (tertiary/aromatic N) is 4. The Bertz CT molecular complexity index is 1230. The molecule has 0 bridgehead atoms. The van der Waals surface area contributed by atoms with Crippen molar-refractivity contribution in [1.82, 2.24) is 19.7 Å². The molecule has 10 heteroatoms. The maximum Gasteiger partial charge on any atom is 0.234 e. The topological polar surface area (TPSA) is 72.7 Å². The third kappa shape index (κ3) is 5.19. The molecule has 1 amide bonds. The van der Waals surface area contributed by atoms with E-state index >= 15 is 0 Å². The van der Waals surface area contributed by atoms with Crippen molar-refractivity contribution in [2.24, 2.45) is 0 Å². The first-order valence-electron chi connectivity index (χ1n) is 9.01. The van der Waals surface area contributed by atoms with Gasteiger partial charge in [0, 0.05) is 28.7 Å². The molecule has 0 aliphatic carbocycles. The van der Waals surface area contributed by atoms with Crippen LogP contribution in [0.1, 0.15) is 0 Å². The molecule has 31 heavy (non-hydrogen) atoms. The minimum Gasteiger partial charge on any atom is -0.325 e. The molecule has 0 fully saturated rings. The number of hydrogen-bond donors (Lipinski definition) is 1. The average Bonchev–Trinajstić information content (AvgIpc) is 3.19. The summed E-state index contributed by atoms with van der Waals surface area (Å²) in [6, 6.07) is 15.9. The number of anilines is 1. The lowest BCUT2D eigenvalue weighted by atomic mass is 10.2. The molecular formula is C21H14Cl3N5OS. The average molecular weight is 491 g/mol. The van der Waals surface area contributed by atoms with Crippen LogP contribution in [0.2, 0.25) is 15.1 Å². The molecule has 0 spiro atoms. The van der Waals surface area contributed by atoms with Gasteiger partial charge in [-0.15, -0.1) is 10.2 Å². The number of pyridine rings is 1. The lowest BCUT2D eigenvalue weighted by Crippen LogP contribution is -2.14. The Morgan fingerprint density at radius 3 is 2.61 bits per heavy atom. The van der Waals surface area contributed by atoms with Gasteiger partial charge in [-0.3, -0.25) is 14.3 Å². The van der Waals surface area contributed by atoms with Crippen molar-refractivity contribution in [3.05, 3.63) is 82.1 Å². The monoisotopic (exact) mass is 489 g/mol. The molecule has 2 aromatic heterocycles. The van der Waals surface area contributed by atoms with E-state index in [2.05, 4.69) is 20.5 Å². The number of thioether (sulfide) groups is 1. The van der Waals surface area contributed by atoms with Gasteiger partial charge >= 0.3 is 0 Å².